The van der Waals surface area contributed by atoms with Gasteiger partial charge in [0.15, 0.2) is 0 Å². The molecule has 0 aromatic heterocycles. The van der Waals surface area contributed by atoms with Crippen LogP contribution in [0.2, 0.25) is 0 Å². The minimum atomic E-state index is 0.149. The fourth-order valence-electron chi connectivity index (χ4n) is 2.35. The molecule has 3 aromatic carbocycles. The van der Waals surface area contributed by atoms with E-state index in [1.165, 1.54) is 0 Å². The van der Waals surface area contributed by atoms with E-state index in [0.29, 0.717) is 5.69 Å². The van der Waals surface area contributed by atoms with Gasteiger partial charge in [-0.2, -0.15) is 0 Å². The van der Waals surface area contributed by atoms with Crippen molar-refractivity contribution in [3.63, 3.8) is 0 Å². The van der Waals surface area contributed by atoms with E-state index in [1.54, 1.807) is 19.4 Å². The molecule has 0 aliphatic carbocycles. The van der Waals surface area contributed by atoms with Gasteiger partial charge in [-0.25, -0.2) is 0 Å². The summed E-state index contributed by atoms with van der Waals surface area (Å²) in [4.78, 5) is 4.42. The number of aliphatic imine (C=N–C) groups is 1. The van der Waals surface area contributed by atoms with Crippen LogP contribution in [0.5, 0.6) is 11.5 Å². The molecule has 0 saturated carbocycles. The lowest BCUT2D eigenvalue weighted by atomic mass is 10.0. The number of hydrogen-bond acceptors (Lipinski definition) is 3. The second-order valence-electron chi connectivity index (χ2n) is 5.07. The molecule has 0 aliphatic rings. The zero-order valence-electron chi connectivity index (χ0n) is 12.8. The number of rotatable bonds is 4. The normalized spacial score (nSPS) is 10.8. The van der Waals surface area contributed by atoms with E-state index in [0.717, 1.165) is 22.4 Å². The molecule has 3 nitrogen and oxygen atoms in total. The lowest BCUT2D eigenvalue weighted by molar-refractivity contribution is 0.414. The number of ether oxygens (including phenoxy) is 1. The molecule has 23 heavy (non-hydrogen) atoms. The molecule has 0 fully saturated rings. The molecule has 0 bridgehead atoms. The Morgan fingerprint density at radius 1 is 0.870 bits per heavy atom. The van der Waals surface area contributed by atoms with Crippen LogP contribution in [-0.2, 0) is 0 Å². The van der Waals surface area contributed by atoms with Crippen molar-refractivity contribution in [2.45, 2.75) is 0 Å². The van der Waals surface area contributed by atoms with Gasteiger partial charge in [0.1, 0.15) is 17.2 Å². The molecule has 1 N–H and O–H groups in total. The molecule has 0 heterocycles. The minimum Gasteiger partial charge on any atom is -0.506 e. The Hall–Kier alpha value is -3.07. The van der Waals surface area contributed by atoms with Gasteiger partial charge in [-0.1, -0.05) is 48.5 Å². The Morgan fingerprint density at radius 3 is 2.39 bits per heavy atom. The van der Waals surface area contributed by atoms with Crippen LogP contribution in [0.25, 0.3) is 11.1 Å². The summed E-state index contributed by atoms with van der Waals surface area (Å²) >= 11 is 0. The van der Waals surface area contributed by atoms with Crippen LogP contribution in [0.1, 0.15) is 5.56 Å². The highest BCUT2D eigenvalue weighted by Gasteiger charge is 2.04. The molecule has 0 unspecified atom stereocenters. The summed E-state index contributed by atoms with van der Waals surface area (Å²) in [5.41, 5.74) is 3.48. The Labute approximate surface area is 135 Å². The third kappa shape index (κ3) is 3.40. The van der Waals surface area contributed by atoms with E-state index >= 15 is 0 Å². The maximum atomic E-state index is 10.0. The first-order chi connectivity index (χ1) is 11.3. The van der Waals surface area contributed by atoms with Crippen molar-refractivity contribution in [3.8, 4) is 22.6 Å². The largest absolute Gasteiger partial charge is 0.506 e. The molecule has 3 aromatic rings. The zero-order valence-corrected chi connectivity index (χ0v) is 12.8. The second kappa shape index (κ2) is 6.79. The van der Waals surface area contributed by atoms with Gasteiger partial charge in [0, 0.05) is 11.8 Å². The van der Waals surface area contributed by atoms with Gasteiger partial charge >= 0.3 is 0 Å². The van der Waals surface area contributed by atoms with E-state index < -0.39 is 0 Å². The molecule has 0 atom stereocenters. The fourth-order valence-corrected chi connectivity index (χ4v) is 2.35. The predicted molar refractivity (Wildman–Crippen MR) is 93.8 cm³/mol. The van der Waals surface area contributed by atoms with Crippen LogP contribution >= 0.6 is 0 Å². The summed E-state index contributed by atoms with van der Waals surface area (Å²) in [5.74, 6) is 0.894. The van der Waals surface area contributed by atoms with Crippen LogP contribution in [0.4, 0.5) is 5.69 Å². The highest BCUT2D eigenvalue weighted by atomic mass is 16.5. The Morgan fingerprint density at radius 2 is 1.61 bits per heavy atom. The first-order valence-electron chi connectivity index (χ1n) is 7.33. The molecule has 3 rings (SSSR count). The number of phenolic OH excluding ortho intramolecular Hbond substituents is 1. The molecule has 0 radical (unpaired) electrons. The molecule has 0 spiro atoms. The predicted octanol–water partition coefficient (Wildman–Crippen LogP) is 4.82. The van der Waals surface area contributed by atoms with E-state index in [4.69, 9.17) is 4.74 Å². The molecule has 0 aliphatic heterocycles. The first kappa shape index (κ1) is 14.9. The summed E-state index contributed by atoms with van der Waals surface area (Å²) in [6.07, 6.45) is 1.70. The van der Waals surface area contributed by atoms with Gasteiger partial charge in [-0.3, -0.25) is 4.99 Å². The highest BCUT2D eigenvalue weighted by molar-refractivity contribution is 5.86. The molecule has 0 amide bonds. The maximum Gasteiger partial charge on any atom is 0.141 e. The fraction of sp³-hybridized carbons (Fsp3) is 0.0500. The molecular weight excluding hydrogens is 286 g/mol. The standard InChI is InChI=1S/C20H17NO2/c1-23-20-10-6-5-9-17(20)14-21-18-13-16(11-12-19(18)22)15-7-3-2-4-8-15/h2-14,22H,1H3. The average molecular weight is 303 g/mol. The van der Waals surface area contributed by atoms with Gasteiger partial charge in [-0.15, -0.1) is 0 Å². The topological polar surface area (TPSA) is 41.8 Å². The van der Waals surface area contributed by atoms with E-state index in [1.807, 2.05) is 66.7 Å². The summed E-state index contributed by atoms with van der Waals surface area (Å²) < 4.78 is 5.30. The average Bonchev–Trinajstić information content (AvgIpc) is 2.62. The van der Waals surface area contributed by atoms with Crippen molar-refractivity contribution in [1.82, 2.24) is 0 Å². The van der Waals surface area contributed by atoms with Crippen molar-refractivity contribution < 1.29 is 9.84 Å². The first-order valence-corrected chi connectivity index (χ1v) is 7.33. The van der Waals surface area contributed by atoms with Gasteiger partial charge in [0.2, 0.25) is 0 Å². The van der Waals surface area contributed by atoms with Gasteiger partial charge in [0.25, 0.3) is 0 Å². The van der Waals surface area contributed by atoms with Crippen molar-refractivity contribution in [1.29, 1.82) is 0 Å². The summed E-state index contributed by atoms with van der Waals surface area (Å²) in [5, 5.41) is 10.0. The van der Waals surface area contributed by atoms with E-state index in [9.17, 15) is 5.11 Å². The third-order valence-electron chi connectivity index (χ3n) is 3.56. The summed E-state index contributed by atoms with van der Waals surface area (Å²) in [7, 11) is 1.63. The maximum absolute atomic E-state index is 10.0. The van der Waals surface area contributed by atoms with Gasteiger partial charge < -0.3 is 9.84 Å². The Balaban J connectivity index is 1.95. The SMILES string of the molecule is COc1ccccc1C=Nc1cc(-c2ccccc2)ccc1O. The lowest BCUT2D eigenvalue weighted by Gasteiger charge is -2.06. The van der Waals surface area contributed by atoms with Crippen LogP contribution in [-0.4, -0.2) is 18.4 Å². The number of hydrogen-bond donors (Lipinski definition) is 1. The van der Waals surface area contributed by atoms with E-state index in [-0.39, 0.29) is 5.75 Å². The number of aromatic hydroxyl groups is 1. The monoisotopic (exact) mass is 303 g/mol. The Kier molecular flexibility index (Phi) is 4.39. The highest BCUT2D eigenvalue weighted by Crippen LogP contribution is 2.32. The minimum absolute atomic E-state index is 0.149. The third-order valence-corrected chi connectivity index (χ3v) is 3.56. The van der Waals surface area contributed by atoms with Crippen molar-refractivity contribution in [2.75, 3.05) is 7.11 Å². The van der Waals surface area contributed by atoms with Crippen molar-refractivity contribution in [3.05, 3.63) is 78.4 Å². The molecule has 3 heteroatoms. The van der Waals surface area contributed by atoms with Crippen LogP contribution in [0.3, 0.4) is 0 Å². The smallest absolute Gasteiger partial charge is 0.141 e. The molecule has 114 valence electrons. The number of benzene rings is 3. The van der Waals surface area contributed by atoms with Gasteiger partial charge in [0.05, 0.1) is 7.11 Å². The second-order valence-corrected chi connectivity index (χ2v) is 5.07. The molecular formula is C20H17NO2. The zero-order chi connectivity index (χ0) is 16.1. The Bertz CT molecular complexity index is 826. The van der Waals surface area contributed by atoms with Gasteiger partial charge in [-0.05, 0) is 35.4 Å². The lowest BCUT2D eigenvalue weighted by Crippen LogP contribution is -1.89. The summed E-state index contributed by atoms with van der Waals surface area (Å²) in [6.45, 7) is 0. The quantitative estimate of drug-likeness (QED) is 0.702. The number of para-hydroxylation sites is 1. The molecule has 0 saturated heterocycles. The summed E-state index contributed by atoms with van der Waals surface area (Å²) in [6, 6.07) is 23.0. The number of phenols is 1. The van der Waals surface area contributed by atoms with Crippen LogP contribution in [0, 0.1) is 0 Å². The number of methoxy groups -OCH3 is 1. The van der Waals surface area contributed by atoms with Crippen molar-refractivity contribution in [2.24, 2.45) is 4.99 Å². The van der Waals surface area contributed by atoms with Crippen LogP contribution < -0.4 is 4.74 Å². The van der Waals surface area contributed by atoms with Crippen molar-refractivity contribution >= 4 is 11.9 Å². The van der Waals surface area contributed by atoms with Crippen LogP contribution in [0.15, 0.2) is 77.8 Å². The van der Waals surface area contributed by atoms with E-state index in [2.05, 4.69) is 4.99 Å². The number of nitrogens with zero attached hydrogens (tertiary/aromatic N) is 1.